The largest absolute Gasteiger partial charge is 0.494 e. The van der Waals surface area contributed by atoms with E-state index in [1.807, 2.05) is 31.2 Å². The van der Waals surface area contributed by atoms with Crippen molar-refractivity contribution < 1.29 is 4.74 Å². The number of imidazole rings is 1. The first-order chi connectivity index (χ1) is 12.0. The molecule has 9 nitrogen and oxygen atoms in total. The second kappa shape index (κ2) is 6.63. The minimum absolute atomic E-state index is 0.287. The summed E-state index contributed by atoms with van der Waals surface area (Å²) in [6.45, 7) is 2.54. The summed E-state index contributed by atoms with van der Waals surface area (Å²) in [5.41, 5.74) is 3.24. The zero-order valence-electron chi connectivity index (χ0n) is 14.1. The summed E-state index contributed by atoms with van der Waals surface area (Å²) in [7, 11) is 3.21. The van der Waals surface area contributed by atoms with Gasteiger partial charge in [0.1, 0.15) is 5.75 Å². The van der Waals surface area contributed by atoms with E-state index in [9.17, 15) is 9.59 Å². The van der Waals surface area contributed by atoms with Crippen molar-refractivity contribution in [1.29, 1.82) is 0 Å². The van der Waals surface area contributed by atoms with Crippen LogP contribution in [0.15, 0.2) is 39.0 Å². The predicted molar refractivity (Wildman–Crippen MR) is 95.4 cm³/mol. The van der Waals surface area contributed by atoms with Crippen LogP contribution >= 0.6 is 0 Å². The molecule has 0 atom stereocenters. The Morgan fingerprint density at radius 1 is 1.24 bits per heavy atom. The molecule has 130 valence electrons. The Bertz CT molecular complexity index is 1040. The highest BCUT2D eigenvalue weighted by molar-refractivity contribution is 5.80. The molecule has 0 fully saturated rings. The molecule has 0 aliphatic rings. The molecule has 3 aromatic rings. The Hall–Kier alpha value is -3.36. The number of rotatable bonds is 5. The van der Waals surface area contributed by atoms with Crippen molar-refractivity contribution in [2.75, 3.05) is 12.0 Å². The third kappa shape index (κ3) is 3.16. The van der Waals surface area contributed by atoms with Crippen LogP contribution in [-0.2, 0) is 14.1 Å². The summed E-state index contributed by atoms with van der Waals surface area (Å²) in [5.74, 6) is 1.15. The minimum atomic E-state index is -0.514. The number of hydrogen-bond donors (Lipinski definition) is 2. The van der Waals surface area contributed by atoms with Gasteiger partial charge < -0.3 is 9.30 Å². The van der Waals surface area contributed by atoms with Gasteiger partial charge in [0.05, 0.1) is 12.8 Å². The number of fused-ring (bicyclic) bond motifs is 1. The van der Waals surface area contributed by atoms with E-state index >= 15 is 0 Å². The van der Waals surface area contributed by atoms with Gasteiger partial charge in [-0.1, -0.05) is 0 Å². The third-order valence-electron chi connectivity index (χ3n) is 3.70. The number of hydrazone groups is 1. The number of nitrogens with one attached hydrogen (secondary N) is 2. The van der Waals surface area contributed by atoms with E-state index in [1.54, 1.807) is 24.9 Å². The monoisotopic (exact) mass is 342 g/mol. The fourth-order valence-corrected chi connectivity index (χ4v) is 2.39. The number of ether oxygens (including phenoxy) is 1. The van der Waals surface area contributed by atoms with Crippen molar-refractivity contribution in [3.63, 3.8) is 0 Å². The van der Waals surface area contributed by atoms with Crippen LogP contribution in [0.25, 0.3) is 11.2 Å². The van der Waals surface area contributed by atoms with Gasteiger partial charge in [-0.25, -0.2) is 10.2 Å². The highest BCUT2D eigenvalue weighted by atomic mass is 16.5. The Labute approximate surface area is 142 Å². The van der Waals surface area contributed by atoms with Gasteiger partial charge in [0, 0.05) is 14.1 Å². The molecule has 0 saturated heterocycles. The lowest BCUT2D eigenvalue weighted by molar-refractivity contribution is 0.340. The molecule has 0 saturated carbocycles. The molecule has 0 bridgehead atoms. The van der Waals surface area contributed by atoms with E-state index in [-0.39, 0.29) is 5.65 Å². The molecule has 0 radical (unpaired) electrons. The molecule has 0 aliphatic carbocycles. The summed E-state index contributed by atoms with van der Waals surface area (Å²) in [4.78, 5) is 30.1. The normalized spacial score (nSPS) is 11.3. The Morgan fingerprint density at radius 2 is 1.96 bits per heavy atom. The van der Waals surface area contributed by atoms with Crippen molar-refractivity contribution in [2.24, 2.45) is 19.2 Å². The van der Waals surface area contributed by atoms with Crippen LogP contribution in [0.3, 0.4) is 0 Å². The Kier molecular flexibility index (Phi) is 4.38. The van der Waals surface area contributed by atoms with Crippen LogP contribution in [0.2, 0.25) is 0 Å². The lowest BCUT2D eigenvalue weighted by atomic mass is 10.2. The third-order valence-corrected chi connectivity index (χ3v) is 3.70. The van der Waals surface area contributed by atoms with Gasteiger partial charge in [-0.2, -0.15) is 10.1 Å². The van der Waals surface area contributed by atoms with E-state index < -0.39 is 11.2 Å². The van der Waals surface area contributed by atoms with E-state index in [0.29, 0.717) is 18.1 Å². The van der Waals surface area contributed by atoms with Crippen LogP contribution in [-0.4, -0.2) is 31.9 Å². The van der Waals surface area contributed by atoms with Crippen molar-refractivity contribution >= 4 is 23.3 Å². The van der Waals surface area contributed by atoms with Gasteiger partial charge in [-0.15, -0.1) is 0 Å². The Balaban J connectivity index is 1.85. The molecule has 0 spiro atoms. The second-order valence-electron chi connectivity index (χ2n) is 5.36. The Morgan fingerprint density at radius 3 is 2.64 bits per heavy atom. The highest BCUT2D eigenvalue weighted by Crippen LogP contribution is 2.13. The molecular formula is C16H18N6O3. The number of anilines is 1. The maximum atomic E-state index is 12.0. The number of aryl methyl sites for hydroxylation is 2. The molecule has 2 aromatic heterocycles. The van der Waals surface area contributed by atoms with Gasteiger partial charge in [-0.05, 0) is 36.8 Å². The van der Waals surface area contributed by atoms with Crippen molar-refractivity contribution in [3.8, 4) is 5.75 Å². The lowest BCUT2D eigenvalue weighted by Gasteiger charge is -2.02. The maximum Gasteiger partial charge on any atom is 0.329 e. The molecule has 2 heterocycles. The first-order valence-corrected chi connectivity index (χ1v) is 7.69. The molecule has 2 N–H and O–H groups in total. The fraction of sp³-hybridized carbons (Fsp3) is 0.250. The van der Waals surface area contributed by atoms with E-state index in [2.05, 4.69) is 20.5 Å². The number of H-pyrrole nitrogens is 1. The number of aromatic nitrogens is 4. The average molecular weight is 342 g/mol. The maximum absolute atomic E-state index is 12.0. The number of benzene rings is 1. The second-order valence-corrected chi connectivity index (χ2v) is 5.36. The van der Waals surface area contributed by atoms with Crippen LogP contribution < -0.4 is 21.4 Å². The van der Waals surface area contributed by atoms with Gasteiger partial charge in [-0.3, -0.25) is 14.3 Å². The SMILES string of the molecule is CCOc1ccc(/C=N/Nc2nc3c(c(=O)[nH]c(=O)n3C)n2C)cc1. The first-order valence-electron chi connectivity index (χ1n) is 7.69. The quantitative estimate of drug-likeness (QED) is 0.527. The molecule has 1 aromatic carbocycles. The smallest absolute Gasteiger partial charge is 0.329 e. The number of aromatic amines is 1. The molecule has 0 amide bonds. The van der Waals surface area contributed by atoms with Crippen LogP contribution in [0.1, 0.15) is 12.5 Å². The van der Waals surface area contributed by atoms with Crippen molar-refractivity contribution in [2.45, 2.75) is 6.92 Å². The fourth-order valence-electron chi connectivity index (χ4n) is 2.39. The van der Waals surface area contributed by atoms with Gasteiger partial charge in [0.25, 0.3) is 5.56 Å². The summed E-state index contributed by atoms with van der Waals surface area (Å²) < 4.78 is 8.20. The highest BCUT2D eigenvalue weighted by Gasteiger charge is 2.14. The predicted octanol–water partition coefficient (Wildman–Crippen LogP) is 0.805. The van der Waals surface area contributed by atoms with Gasteiger partial charge >= 0.3 is 5.69 Å². The van der Waals surface area contributed by atoms with Crippen LogP contribution in [0.5, 0.6) is 5.75 Å². The number of nitrogens with zero attached hydrogens (tertiary/aromatic N) is 4. The standard InChI is InChI=1S/C16H18N6O3/c1-4-25-11-7-5-10(6-8-11)9-17-20-15-18-13-12(21(15)2)14(23)19-16(24)22(13)3/h5-9H,4H2,1-3H3,(H,18,20)(H,19,23,24)/b17-9+. The first kappa shape index (κ1) is 16.5. The molecular weight excluding hydrogens is 324 g/mol. The molecule has 0 unspecified atom stereocenters. The van der Waals surface area contributed by atoms with Crippen molar-refractivity contribution in [1.82, 2.24) is 19.1 Å². The molecule has 25 heavy (non-hydrogen) atoms. The minimum Gasteiger partial charge on any atom is -0.494 e. The van der Waals surface area contributed by atoms with Gasteiger partial charge in [0.15, 0.2) is 11.2 Å². The van der Waals surface area contributed by atoms with E-state index in [0.717, 1.165) is 11.3 Å². The van der Waals surface area contributed by atoms with Crippen LogP contribution in [0, 0.1) is 0 Å². The summed E-state index contributed by atoms with van der Waals surface area (Å²) in [6, 6.07) is 7.46. The van der Waals surface area contributed by atoms with E-state index in [1.165, 1.54) is 4.57 Å². The molecule has 0 aliphatic heterocycles. The summed E-state index contributed by atoms with van der Waals surface area (Å²) in [5, 5.41) is 4.13. The number of hydrogen-bond acceptors (Lipinski definition) is 6. The van der Waals surface area contributed by atoms with E-state index in [4.69, 9.17) is 4.74 Å². The summed E-state index contributed by atoms with van der Waals surface area (Å²) >= 11 is 0. The summed E-state index contributed by atoms with van der Waals surface area (Å²) in [6.07, 6.45) is 1.62. The molecule has 3 rings (SSSR count). The van der Waals surface area contributed by atoms with Crippen molar-refractivity contribution in [3.05, 3.63) is 50.7 Å². The van der Waals surface area contributed by atoms with Gasteiger partial charge in [0.2, 0.25) is 5.95 Å². The zero-order chi connectivity index (χ0) is 18.0. The topological polar surface area (TPSA) is 106 Å². The van der Waals surface area contributed by atoms with Crippen LogP contribution in [0.4, 0.5) is 5.95 Å². The average Bonchev–Trinajstić information content (AvgIpc) is 2.92. The lowest BCUT2D eigenvalue weighted by Crippen LogP contribution is -2.29. The zero-order valence-corrected chi connectivity index (χ0v) is 14.1. The molecule has 9 heteroatoms.